The van der Waals surface area contributed by atoms with E-state index in [1.165, 1.54) is 0 Å². The molecule has 0 aliphatic rings. The van der Waals surface area contributed by atoms with Crippen LogP contribution < -0.4 is 10.2 Å². The van der Waals surface area contributed by atoms with Gasteiger partial charge in [0.15, 0.2) is 6.10 Å². The van der Waals surface area contributed by atoms with Crippen LogP contribution in [0.15, 0.2) is 62.6 Å². The van der Waals surface area contributed by atoms with E-state index in [0.29, 0.717) is 12.2 Å². The zero-order valence-electron chi connectivity index (χ0n) is 12.5. The lowest BCUT2D eigenvalue weighted by molar-refractivity contribution is -0.128. The molecule has 0 bridgehead atoms. The summed E-state index contributed by atoms with van der Waals surface area (Å²) in [5, 5.41) is 3.99. The third-order valence-corrected chi connectivity index (χ3v) is 4.24. The molecule has 0 saturated heterocycles. The minimum absolute atomic E-state index is 0.282. The summed E-state index contributed by atoms with van der Waals surface area (Å²) >= 11 is 6.80. The van der Waals surface area contributed by atoms with Crippen LogP contribution in [0.25, 0.3) is 0 Å². The molecule has 1 N–H and O–H groups in total. The summed E-state index contributed by atoms with van der Waals surface area (Å²) in [7, 11) is 0. The third-order valence-electron chi connectivity index (χ3n) is 3.02. The van der Waals surface area contributed by atoms with E-state index in [-0.39, 0.29) is 5.91 Å². The molecule has 2 aromatic carbocycles. The highest BCUT2D eigenvalue weighted by Crippen LogP contribution is 2.19. The smallest absolute Gasteiger partial charge is 0.281 e. The number of rotatable bonds is 6. The summed E-state index contributed by atoms with van der Waals surface area (Å²) < 4.78 is 7.52. The average Bonchev–Trinajstić information content (AvgIpc) is 2.54. The molecule has 0 radical (unpaired) electrons. The summed E-state index contributed by atoms with van der Waals surface area (Å²) in [5.74, 6) is 0.354. The van der Waals surface area contributed by atoms with Crippen molar-refractivity contribution in [1.82, 2.24) is 5.43 Å². The fourth-order valence-corrected chi connectivity index (χ4v) is 2.61. The summed E-state index contributed by atoms with van der Waals surface area (Å²) in [6.45, 7) is 1.89. The topological polar surface area (TPSA) is 50.7 Å². The molecule has 0 aliphatic carbocycles. The highest BCUT2D eigenvalue weighted by atomic mass is 79.9. The van der Waals surface area contributed by atoms with Crippen LogP contribution in [0.5, 0.6) is 5.75 Å². The van der Waals surface area contributed by atoms with Crippen LogP contribution in [0, 0.1) is 0 Å². The van der Waals surface area contributed by atoms with E-state index < -0.39 is 6.10 Å². The monoisotopic (exact) mass is 438 g/mol. The van der Waals surface area contributed by atoms with Crippen molar-refractivity contribution in [3.05, 3.63) is 63.0 Å². The Labute approximate surface area is 152 Å². The number of hydrazone groups is 1. The van der Waals surface area contributed by atoms with Crippen LogP contribution in [0.2, 0.25) is 0 Å². The van der Waals surface area contributed by atoms with Gasteiger partial charge >= 0.3 is 0 Å². The van der Waals surface area contributed by atoms with E-state index in [1.54, 1.807) is 6.21 Å². The molecule has 2 rings (SSSR count). The number of nitrogens with one attached hydrogen (secondary N) is 1. The summed E-state index contributed by atoms with van der Waals surface area (Å²) in [4.78, 5) is 12.2. The Balaban J connectivity index is 1.96. The van der Waals surface area contributed by atoms with Crippen LogP contribution in [0.4, 0.5) is 0 Å². The number of benzene rings is 2. The van der Waals surface area contributed by atoms with E-state index in [4.69, 9.17) is 4.74 Å². The first-order chi connectivity index (χ1) is 11.1. The second-order valence-electron chi connectivity index (χ2n) is 4.73. The van der Waals surface area contributed by atoms with Crippen molar-refractivity contribution >= 4 is 44.0 Å². The maximum Gasteiger partial charge on any atom is 0.281 e. The molecule has 1 amide bonds. The number of carbonyl (C=O) groups is 1. The number of halogens is 2. The molecule has 0 fully saturated rings. The van der Waals surface area contributed by atoms with Gasteiger partial charge in [-0.05, 0) is 30.7 Å². The Hall–Kier alpha value is -1.66. The molecule has 4 nitrogen and oxygen atoms in total. The predicted octanol–water partition coefficient (Wildman–Crippen LogP) is 4.52. The van der Waals surface area contributed by atoms with Gasteiger partial charge in [-0.2, -0.15) is 5.10 Å². The van der Waals surface area contributed by atoms with Gasteiger partial charge in [0.2, 0.25) is 0 Å². The Morgan fingerprint density at radius 3 is 2.74 bits per heavy atom. The minimum atomic E-state index is -0.597. The molecule has 0 saturated carbocycles. The van der Waals surface area contributed by atoms with Crippen LogP contribution >= 0.6 is 31.9 Å². The molecule has 0 heterocycles. The van der Waals surface area contributed by atoms with Gasteiger partial charge in [-0.3, -0.25) is 4.79 Å². The maximum atomic E-state index is 12.2. The van der Waals surface area contributed by atoms with Crippen LogP contribution in [0.3, 0.4) is 0 Å². The van der Waals surface area contributed by atoms with Crippen LogP contribution in [0.1, 0.15) is 18.9 Å². The number of ether oxygens (including phenoxy) is 1. The van der Waals surface area contributed by atoms with E-state index in [1.807, 2.05) is 55.5 Å². The Morgan fingerprint density at radius 1 is 1.26 bits per heavy atom. The molecule has 23 heavy (non-hydrogen) atoms. The van der Waals surface area contributed by atoms with Gasteiger partial charge in [-0.25, -0.2) is 5.43 Å². The van der Waals surface area contributed by atoms with Crippen molar-refractivity contribution < 1.29 is 9.53 Å². The summed E-state index contributed by atoms with van der Waals surface area (Å²) in [6.07, 6.45) is 1.54. The fraction of sp³-hybridized carbons (Fsp3) is 0.176. The van der Waals surface area contributed by atoms with Crippen molar-refractivity contribution in [3.63, 3.8) is 0 Å². The van der Waals surface area contributed by atoms with Gasteiger partial charge in [-0.15, -0.1) is 0 Å². The van der Waals surface area contributed by atoms with Gasteiger partial charge in [0, 0.05) is 14.5 Å². The van der Waals surface area contributed by atoms with Gasteiger partial charge in [-0.1, -0.05) is 63.0 Å². The molecular formula is C17H16Br2N2O2. The highest BCUT2D eigenvalue weighted by Gasteiger charge is 2.17. The summed E-state index contributed by atoms with van der Waals surface area (Å²) in [5.41, 5.74) is 3.40. The van der Waals surface area contributed by atoms with Crippen molar-refractivity contribution in [2.45, 2.75) is 19.4 Å². The number of hydrogen-bond donors (Lipinski definition) is 1. The van der Waals surface area contributed by atoms with E-state index in [9.17, 15) is 4.79 Å². The van der Waals surface area contributed by atoms with E-state index in [2.05, 4.69) is 42.4 Å². The largest absolute Gasteiger partial charge is 0.481 e. The molecule has 0 aliphatic heterocycles. The normalized spacial score (nSPS) is 12.1. The lowest BCUT2D eigenvalue weighted by atomic mass is 10.2. The maximum absolute atomic E-state index is 12.2. The molecular weight excluding hydrogens is 424 g/mol. The highest BCUT2D eigenvalue weighted by molar-refractivity contribution is 9.10. The predicted molar refractivity (Wildman–Crippen MR) is 98.7 cm³/mol. The first-order valence-electron chi connectivity index (χ1n) is 7.10. The van der Waals surface area contributed by atoms with E-state index >= 15 is 0 Å². The zero-order valence-corrected chi connectivity index (χ0v) is 15.7. The molecule has 0 aromatic heterocycles. The number of hydrogen-bond acceptors (Lipinski definition) is 3. The first kappa shape index (κ1) is 17.7. The third kappa shape index (κ3) is 5.48. The second-order valence-corrected chi connectivity index (χ2v) is 6.50. The van der Waals surface area contributed by atoms with Crippen molar-refractivity contribution in [3.8, 4) is 5.75 Å². The molecule has 1 unspecified atom stereocenters. The van der Waals surface area contributed by atoms with Gasteiger partial charge in [0.25, 0.3) is 5.91 Å². The van der Waals surface area contributed by atoms with Gasteiger partial charge < -0.3 is 4.74 Å². The lowest BCUT2D eigenvalue weighted by Crippen LogP contribution is -2.35. The molecule has 6 heteroatoms. The average molecular weight is 440 g/mol. The standard InChI is InChI=1S/C17H16Br2N2O2/c1-2-16(23-14-8-5-7-13(18)10-14)17(22)21-20-11-12-6-3-4-9-15(12)19/h3-11,16H,2H2,1H3,(H,21,22)/b20-11+. The molecule has 2 aromatic rings. The number of carbonyl (C=O) groups excluding carboxylic acids is 1. The summed E-state index contributed by atoms with van der Waals surface area (Å²) in [6, 6.07) is 15.0. The fourth-order valence-electron chi connectivity index (χ4n) is 1.84. The van der Waals surface area contributed by atoms with Gasteiger partial charge in [0.1, 0.15) is 5.75 Å². The SMILES string of the molecule is CCC(Oc1cccc(Br)c1)C(=O)N/N=C/c1ccccc1Br. The van der Waals surface area contributed by atoms with Gasteiger partial charge in [0.05, 0.1) is 6.21 Å². The van der Waals surface area contributed by atoms with Crippen molar-refractivity contribution in [2.75, 3.05) is 0 Å². The van der Waals surface area contributed by atoms with Crippen LogP contribution in [-0.4, -0.2) is 18.2 Å². The van der Waals surface area contributed by atoms with Crippen molar-refractivity contribution in [1.29, 1.82) is 0 Å². The minimum Gasteiger partial charge on any atom is -0.481 e. The first-order valence-corrected chi connectivity index (χ1v) is 8.68. The Morgan fingerprint density at radius 2 is 2.04 bits per heavy atom. The molecule has 120 valence electrons. The quantitative estimate of drug-likeness (QED) is 0.531. The van der Waals surface area contributed by atoms with Crippen LogP contribution in [-0.2, 0) is 4.79 Å². The van der Waals surface area contributed by atoms with Crippen molar-refractivity contribution in [2.24, 2.45) is 5.10 Å². The number of nitrogens with zero attached hydrogens (tertiary/aromatic N) is 1. The zero-order chi connectivity index (χ0) is 16.7. The molecule has 0 spiro atoms. The number of amides is 1. The van der Waals surface area contributed by atoms with E-state index in [0.717, 1.165) is 14.5 Å². The Kier molecular flexibility index (Phi) is 6.80. The second kappa shape index (κ2) is 8.84. The lowest BCUT2D eigenvalue weighted by Gasteiger charge is -2.15. The Bertz CT molecular complexity index is 704. The molecule has 1 atom stereocenters.